The van der Waals surface area contributed by atoms with Gasteiger partial charge in [0, 0.05) is 29.6 Å². The molecule has 0 unspecified atom stereocenters. The highest BCUT2D eigenvalue weighted by Gasteiger charge is 2.20. The summed E-state index contributed by atoms with van der Waals surface area (Å²) in [6, 6.07) is 16.7. The highest BCUT2D eigenvalue weighted by atomic mass is 35.5. The molecule has 0 aliphatic rings. The molecule has 0 aliphatic carbocycles. The number of aromatic nitrogens is 2. The minimum Gasteiger partial charge on any atom is -0.484 e. The second-order valence-corrected chi connectivity index (χ2v) is 7.15. The van der Waals surface area contributed by atoms with Crippen molar-refractivity contribution in [2.75, 3.05) is 13.2 Å². The molecule has 0 aliphatic heterocycles. The van der Waals surface area contributed by atoms with Crippen LogP contribution in [0.15, 0.2) is 59.1 Å². The van der Waals surface area contributed by atoms with E-state index in [1.165, 1.54) is 0 Å². The van der Waals surface area contributed by atoms with Gasteiger partial charge in [-0.3, -0.25) is 4.79 Å². The van der Waals surface area contributed by atoms with E-state index in [4.69, 9.17) is 20.9 Å². The largest absolute Gasteiger partial charge is 0.484 e. The molecule has 0 radical (unpaired) electrons. The minimum absolute atomic E-state index is 0.0366. The normalized spacial score (nSPS) is 11.8. The van der Waals surface area contributed by atoms with Crippen molar-refractivity contribution in [3.05, 3.63) is 65.5 Å². The van der Waals surface area contributed by atoms with Crippen LogP contribution in [0.2, 0.25) is 5.02 Å². The number of nitrogens with zero attached hydrogens (tertiary/aromatic N) is 3. The number of rotatable bonds is 9. The molecule has 7 heteroatoms. The van der Waals surface area contributed by atoms with Crippen molar-refractivity contribution in [1.82, 2.24) is 15.0 Å². The Morgan fingerprint density at radius 1 is 1.17 bits per heavy atom. The summed E-state index contributed by atoms with van der Waals surface area (Å²) in [5.74, 6) is 1.57. The zero-order valence-electron chi connectivity index (χ0n) is 16.5. The Morgan fingerprint density at radius 2 is 1.90 bits per heavy atom. The van der Waals surface area contributed by atoms with Gasteiger partial charge < -0.3 is 14.2 Å². The predicted molar refractivity (Wildman–Crippen MR) is 112 cm³/mol. The molecule has 1 aromatic heterocycles. The van der Waals surface area contributed by atoms with Crippen LogP contribution in [0.25, 0.3) is 11.4 Å². The zero-order valence-corrected chi connectivity index (χ0v) is 17.3. The molecule has 3 rings (SSSR count). The highest BCUT2D eigenvalue weighted by molar-refractivity contribution is 6.30. The van der Waals surface area contributed by atoms with Crippen LogP contribution in [0.4, 0.5) is 0 Å². The Hall–Kier alpha value is -2.86. The van der Waals surface area contributed by atoms with Gasteiger partial charge in [0.15, 0.2) is 6.61 Å². The Kier molecular flexibility index (Phi) is 7.25. The van der Waals surface area contributed by atoms with Crippen molar-refractivity contribution < 1.29 is 14.1 Å². The molecule has 0 saturated heterocycles. The van der Waals surface area contributed by atoms with Crippen molar-refractivity contribution in [1.29, 1.82) is 0 Å². The standard InChI is InChI=1S/C22H24ClN3O3/c1-3-16(2)26(21(27)15-28-19-11-9-18(23)10-12-19)14-13-20-24-22(25-29-20)17-7-5-4-6-8-17/h4-12,16H,3,13-15H2,1-2H3/t16-/m0/s1. The lowest BCUT2D eigenvalue weighted by Crippen LogP contribution is -2.42. The van der Waals surface area contributed by atoms with Gasteiger partial charge in [-0.25, -0.2) is 0 Å². The van der Waals surface area contributed by atoms with Gasteiger partial charge in [0.1, 0.15) is 5.75 Å². The highest BCUT2D eigenvalue weighted by Crippen LogP contribution is 2.17. The van der Waals surface area contributed by atoms with Gasteiger partial charge in [-0.15, -0.1) is 0 Å². The third-order valence-corrected chi connectivity index (χ3v) is 4.94. The SMILES string of the molecule is CC[C@H](C)N(CCc1nc(-c2ccccc2)no1)C(=O)COc1ccc(Cl)cc1. The van der Waals surface area contributed by atoms with Crippen LogP contribution < -0.4 is 4.74 Å². The summed E-state index contributed by atoms with van der Waals surface area (Å²) >= 11 is 5.87. The maximum absolute atomic E-state index is 12.7. The average molecular weight is 414 g/mol. The lowest BCUT2D eigenvalue weighted by Gasteiger charge is -2.28. The van der Waals surface area contributed by atoms with E-state index in [0.717, 1.165) is 12.0 Å². The van der Waals surface area contributed by atoms with Crippen LogP contribution in [-0.2, 0) is 11.2 Å². The molecule has 3 aromatic rings. The van der Waals surface area contributed by atoms with Gasteiger partial charge in [-0.2, -0.15) is 4.98 Å². The number of benzene rings is 2. The molecule has 0 spiro atoms. The predicted octanol–water partition coefficient (Wildman–Crippen LogP) is 4.64. The average Bonchev–Trinajstić information content (AvgIpc) is 3.23. The molecule has 0 saturated carbocycles. The summed E-state index contributed by atoms with van der Waals surface area (Å²) in [4.78, 5) is 19.0. The summed E-state index contributed by atoms with van der Waals surface area (Å²) < 4.78 is 11.0. The second kappa shape index (κ2) is 10.1. The quantitative estimate of drug-likeness (QED) is 0.511. The first-order valence-corrected chi connectivity index (χ1v) is 10.0. The minimum atomic E-state index is -0.0860. The fourth-order valence-electron chi connectivity index (χ4n) is 2.85. The first-order chi connectivity index (χ1) is 14.1. The first kappa shape index (κ1) is 20.9. The number of hydrogen-bond donors (Lipinski definition) is 0. The van der Waals surface area contributed by atoms with Gasteiger partial charge in [0.2, 0.25) is 11.7 Å². The van der Waals surface area contributed by atoms with Crippen LogP contribution in [0, 0.1) is 0 Å². The Bertz CT molecular complexity index is 913. The van der Waals surface area contributed by atoms with Gasteiger partial charge in [-0.1, -0.05) is 54.0 Å². The van der Waals surface area contributed by atoms with Gasteiger partial charge in [0.05, 0.1) is 0 Å². The summed E-state index contributed by atoms with van der Waals surface area (Å²) in [6.07, 6.45) is 1.32. The molecule has 152 valence electrons. The van der Waals surface area contributed by atoms with Crippen molar-refractivity contribution in [3.63, 3.8) is 0 Å². The van der Waals surface area contributed by atoms with Crippen LogP contribution >= 0.6 is 11.6 Å². The molecule has 2 aromatic carbocycles. The maximum atomic E-state index is 12.7. The monoisotopic (exact) mass is 413 g/mol. The van der Waals surface area contributed by atoms with Gasteiger partial charge in [0.25, 0.3) is 5.91 Å². The van der Waals surface area contributed by atoms with E-state index < -0.39 is 0 Å². The number of ether oxygens (including phenoxy) is 1. The number of carbonyl (C=O) groups excluding carboxylic acids is 1. The van der Waals surface area contributed by atoms with Gasteiger partial charge in [-0.05, 0) is 37.6 Å². The Labute approximate surface area is 175 Å². The number of amides is 1. The Morgan fingerprint density at radius 3 is 2.59 bits per heavy atom. The summed E-state index contributed by atoms with van der Waals surface area (Å²) in [5, 5.41) is 4.66. The fraction of sp³-hybridized carbons (Fsp3) is 0.318. The molecular formula is C22H24ClN3O3. The molecule has 0 fully saturated rings. The second-order valence-electron chi connectivity index (χ2n) is 6.71. The van der Waals surface area contributed by atoms with Gasteiger partial charge >= 0.3 is 0 Å². The summed E-state index contributed by atoms with van der Waals surface area (Å²) in [5.41, 5.74) is 0.897. The van der Waals surface area contributed by atoms with E-state index in [9.17, 15) is 4.79 Å². The number of hydrogen-bond acceptors (Lipinski definition) is 5. The lowest BCUT2D eigenvalue weighted by molar-refractivity contribution is -0.135. The molecule has 29 heavy (non-hydrogen) atoms. The van der Waals surface area contributed by atoms with Crippen LogP contribution in [0.1, 0.15) is 26.2 Å². The molecular weight excluding hydrogens is 390 g/mol. The third kappa shape index (κ3) is 5.81. The Balaban J connectivity index is 1.59. The fourth-order valence-corrected chi connectivity index (χ4v) is 2.97. The number of carbonyl (C=O) groups is 1. The molecule has 1 heterocycles. The maximum Gasteiger partial charge on any atom is 0.260 e. The summed E-state index contributed by atoms with van der Waals surface area (Å²) in [6.45, 7) is 4.51. The molecule has 1 atom stereocenters. The van der Waals surface area contributed by atoms with E-state index in [-0.39, 0.29) is 18.6 Å². The van der Waals surface area contributed by atoms with E-state index in [1.54, 1.807) is 29.2 Å². The molecule has 0 bridgehead atoms. The number of halogens is 1. The van der Waals surface area contributed by atoms with Crippen LogP contribution in [0.5, 0.6) is 5.75 Å². The van der Waals surface area contributed by atoms with E-state index in [2.05, 4.69) is 10.1 Å². The summed E-state index contributed by atoms with van der Waals surface area (Å²) in [7, 11) is 0. The van der Waals surface area contributed by atoms with E-state index >= 15 is 0 Å². The molecule has 6 nitrogen and oxygen atoms in total. The van der Waals surface area contributed by atoms with E-state index in [1.807, 2.05) is 44.2 Å². The molecule has 1 amide bonds. The molecule has 0 N–H and O–H groups in total. The van der Waals surface area contributed by atoms with Crippen LogP contribution in [0.3, 0.4) is 0 Å². The lowest BCUT2D eigenvalue weighted by atomic mass is 10.2. The smallest absolute Gasteiger partial charge is 0.260 e. The van der Waals surface area contributed by atoms with E-state index in [0.29, 0.717) is 35.5 Å². The topological polar surface area (TPSA) is 68.5 Å². The van der Waals surface area contributed by atoms with Crippen molar-refractivity contribution in [3.8, 4) is 17.1 Å². The third-order valence-electron chi connectivity index (χ3n) is 4.69. The van der Waals surface area contributed by atoms with Crippen molar-refractivity contribution in [2.24, 2.45) is 0 Å². The van der Waals surface area contributed by atoms with Crippen LogP contribution in [-0.4, -0.2) is 40.1 Å². The first-order valence-electron chi connectivity index (χ1n) is 9.62. The van der Waals surface area contributed by atoms with Crippen molar-refractivity contribution >= 4 is 17.5 Å². The van der Waals surface area contributed by atoms with Crippen molar-refractivity contribution in [2.45, 2.75) is 32.7 Å². The zero-order chi connectivity index (χ0) is 20.6.